The lowest BCUT2D eigenvalue weighted by atomic mass is 10.0. The van der Waals surface area contributed by atoms with Crippen LogP contribution in [0.15, 0.2) is 36.4 Å². The van der Waals surface area contributed by atoms with Gasteiger partial charge < -0.3 is 20.3 Å². The normalized spacial score (nSPS) is 19.6. The molecule has 37 heavy (non-hydrogen) atoms. The van der Waals surface area contributed by atoms with E-state index in [9.17, 15) is 23.6 Å². The maximum Gasteiger partial charge on any atom is 0.337 e. The number of nitrogens with zero attached hydrogens (tertiary/aromatic N) is 1. The summed E-state index contributed by atoms with van der Waals surface area (Å²) in [4.78, 5) is 51.5. The van der Waals surface area contributed by atoms with Crippen LogP contribution in [0.3, 0.4) is 0 Å². The molecule has 1 unspecified atom stereocenters. The van der Waals surface area contributed by atoms with E-state index in [0.717, 1.165) is 6.42 Å². The predicted molar refractivity (Wildman–Crippen MR) is 134 cm³/mol. The van der Waals surface area contributed by atoms with Gasteiger partial charge in [-0.3, -0.25) is 19.8 Å². The van der Waals surface area contributed by atoms with E-state index in [-0.39, 0.29) is 70.0 Å². The van der Waals surface area contributed by atoms with E-state index in [0.29, 0.717) is 6.42 Å². The van der Waals surface area contributed by atoms with Crippen molar-refractivity contribution in [3.05, 3.63) is 63.9 Å². The maximum atomic E-state index is 14.2. The Hall–Kier alpha value is -3.79. The highest BCUT2D eigenvalue weighted by molar-refractivity contribution is 6.45. The zero-order valence-electron chi connectivity index (χ0n) is 20.3. The van der Waals surface area contributed by atoms with Gasteiger partial charge in [0.15, 0.2) is 5.78 Å². The fraction of sp³-hybridized carbons (Fsp3) is 0.346. The Bertz CT molecular complexity index is 1300. The summed E-state index contributed by atoms with van der Waals surface area (Å²) in [5.41, 5.74) is 0.637. The van der Waals surface area contributed by atoms with E-state index in [4.69, 9.17) is 21.7 Å². The molecule has 1 aliphatic heterocycles. The molecule has 1 aliphatic carbocycles. The fourth-order valence-electron chi connectivity index (χ4n) is 4.64. The number of amides is 2. The number of piperidine rings is 1. The number of carbonyl (C=O) groups excluding carboxylic acids is 4. The number of rotatable bonds is 9. The van der Waals surface area contributed by atoms with Crippen molar-refractivity contribution in [1.29, 1.82) is 5.41 Å². The Labute approximate surface area is 217 Å². The van der Waals surface area contributed by atoms with Crippen molar-refractivity contribution in [3.63, 3.8) is 0 Å². The zero-order valence-corrected chi connectivity index (χ0v) is 21.0. The molecule has 4 rings (SSSR count). The predicted octanol–water partition coefficient (Wildman–Crippen LogP) is 2.94. The molecule has 11 heteroatoms. The molecule has 2 amide bonds. The molecule has 2 aliphatic rings. The second-order valence-electron chi connectivity index (χ2n) is 9.08. The van der Waals surface area contributed by atoms with Gasteiger partial charge in [-0.05, 0) is 43.0 Å². The first kappa shape index (κ1) is 26.3. The molecule has 1 heterocycles. The molecule has 0 radical (unpaired) electrons. The number of esters is 1. The third kappa shape index (κ3) is 5.48. The molecule has 2 fully saturated rings. The van der Waals surface area contributed by atoms with Crippen LogP contribution in [0.2, 0.25) is 5.02 Å². The van der Waals surface area contributed by atoms with Crippen LogP contribution in [0.5, 0.6) is 0 Å². The number of hydrogen-bond donors (Lipinski definition) is 3. The number of benzene rings is 2. The summed E-state index contributed by atoms with van der Waals surface area (Å²) >= 11 is 5.81. The quantitative estimate of drug-likeness (QED) is 0.339. The minimum atomic E-state index is -0.698. The summed E-state index contributed by atoms with van der Waals surface area (Å²) in [5, 5.41) is 13.7. The van der Waals surface area contributed by atoms with Crippen molar-refractivity contribution in [2.75, 3.05) is 19.0 Å². The smallest absolute Gasteiger partial charge is 0.337 e. The van der Waals surface area contributed by atoms with Crippen LogP contribution in [0.4, 0.5) is 10.1 Å². The maximum absolute atomic E-state index is 14.2. The van der Waals surface area contributed by atoms with Gasteiger partial charge in [0.25, 0.3) is 0 Å². The van der Waals surface area contributed by atoms with Crippen LogP contribution in [0.25, 0.3) is 0 Å². The first-order valence-electron chi connectivity index (χ1n) is 11.7. The van der Waals surface area contributed by atoms with E-state index in [1.807, 2.05) is 0 Å². The second-order valence-corrected chi connectivity index (χ2v) is 9.49. The highest BCUT2D eigenvalue weighted by Crippen LogP contribution is 2.47. The average molecular weight is 529 g/mol. The van der Waals surface area contributed by atoms with Crippen LogP contribution >= 0.6 is 11.6 Å². The van der Waals surface area contributed by atoms with E-state index < -0.39 is 23.6 Å². The molecule has 0 bridgehead atoms. The summed E-state index contributed by atoms with van der Waals surface area (Å²) < 4.78 is 18.9. The van der Waals surface area contributed by atoms with Crippen molar-refractivity contribution in [1.82, 2.24) is 10.2 Å². The number of fused-ring (bicyclic) bond motifs is 1. The molecule has 2 aromatic carbocycles. The summed E-state index contributed by atoms with van der Waals surface area (Å²) in [6, 6.07) is 8.09. The number of ketones is 1. The first-order valence-corrected chi connectivity index (χ1v) is 12.1. The molecular weight excluding hydrogens is 503 g/mol. The number of likely N-dealkylation sites (tertiary alicyclic amines) is 1. The molecule has 1 saturated heterocycles. The second kappa shape index (κ2) is 10.7. The van der Waals surface area contributed by atoms with Gasteiger partial charge in [-0.15, -0.1) is 0 Å². The molecule has 0 aromatic heterocycles. The Morgan fingerprint density at radius 1 is 1.19 bits per heavy atom. The lowest BCUT2D eigenvalue weighted by molar-refractivity contribution is -0.138. The van der Waals surface area contributed by atoms with Gasteiger partial charge in [-0.25, -0.2) is 9.18 Å². The van der Waals surface area contributed by atoms with Crippen LogP contribution in [0.1, 0.15) is 41.3 Å². The van der Waals surface area contributed by atoms with Crippen molar-refractivity contribution >= 4 is 46.6 Å². The zero-order chi connectivity index (χ0) is 26.9. The summed E-state index contributed by atoms with van der Waals surface area (Å²) in [6.45, 7) is 0.967. The lowest BCUT2D eigenvalue weighted by Crippen LogP contribution is -2.49. The van der Waals surface area contributed by atoms with Crippen LogP contribution in [-0.4, -0.2) is 59.9 Å². The van der Waals surface area contributed by atoms with Gasteiger partial charge in [0.2, 0.25) is 11.8 Å². The molecule has 9 nitrogen and oxygen atoms in total. The van der Waals surface area contributed by atoms with Gasteiger partial charge >= 0.3 is 5.97 Å². The van der Waals surface area contributed by atoms with E-state index >= 15 is 0 Å². The van der Waals surface area contributed by atoms with Gasteiger partial charge in [0, 0.05) is 36.3 Å². The summed E-state index contributed by atoms with van der Waals surface area (Å²) in [5.74, 6) is -2.19. The highest BCUT2D eigenvalue weighted by Gasteiger charge is 2.55. The number of hydrogen-bond acceptors (Lipinski definition) is 7. The van der Waals surface area contributed by atoms with Crippen LogP contribution < -0.4 is 10.6 Å². The minimum absolute atomic E-state index is 0.0368. The molecule has 2 aromatic rings. The number of anilines is 1. The summed E-state index contributed by atoms with van der Waals surface area (Å²) in [6.07, 6.45) is 1.31. The number of Topliss-reactive ketones (excluding diaryl/α,β-unsaturated/α-hetero) is 1. The van der Waals surface area contributed by atoms with Crippen molar-refractivity contribution < 1.29 is 28.3 Å². The van der Waals surface area contributed by atoms with Gasteiger partial charge in [-0.2, -0.15) is 0 Å². The third-order valence-corrected chi connectivity index (χ3v) is 6.96. The topological polar surface area (TPSA) is 129 Å². The average Bonchev–Trinajstić information content (AvgIpc) is 3.55. The molecule has 0 spiro atoms. The number of nitrogens with one attached hydrogen (secondary N) is 3. The molecule has 3 atom stereocenters. The van der Waals surface area contributed by atoms with E-state index in [1.165, 1.54) is 44.4 Å². The van der Waals surface area contributed by atoms with Crippen molar-refractivity contribution in [3.8, 4) is 0 Å². The largest absolute Gasteiger partial charge is 0.465 e. The molecule has 3 N–H and O–H groups in total. The Balaban J connectivity index is 1.46. The van der Waals surface area contributed by atoms with Crippen molar-refractivity contribution in [2.45, 2.75) is 38.4 Å². The SMILES string of the molecule is COC(=O)c1ccc(C(=N)C(C)=O)c(NCC(=O)N2C3C[C@@H]3C[C@H]2C(=O)NCc2cccc(Cl)c2F)c1. The first-order chi connectivity index (χ1) is 17.6. The molecule has 1 saturated carbocycles. The minimum Gasteiger partial charge on any atom is -0.465 e. The van der Waals surface area contributed by atoms with Gasteiger partial charge in [-0.1, -0.05) is 23.7 Å². The number of halogens is 2. The number of methoxy groups -OCH3 is 1. The fourth-order valence-corrected chi connectivity index (χ4v) is 4.83. The summed E-state index contributed by atoms with van der Waals surface area (Å²) in [7, 11) is 1.23. The number of carbonyl (C=O) groups is 4. The van der Waals surface area contributed by atoms with Gasteiger partial charge in [0.1, 0.15) is 17.6 Å². The third-order valence-electron chi connectivity index (χ3n) is 6.67. The Morgan fingerprint density at radius 3 is 2.65 bits per heavy atom. The Morgan fingerprint density at radius 2 is 1.95 bits per heavy atom. The van der Waals surface area contributed by atoms with E-state index in [2.05, 4.69) is 10.6 Å². The highest BCUT2D eigenvalue weighted by atomic mass is 35.5. The monoisotopic (exact) mass is 528 g/mol. The van der Waals surface area contributed by atoms with Crippen LogP contribution in [0, 0.1) is 17.1 Å². The standard InChI is InChI=1S/C26H26ClFN4O5/c1-13(33)24(29)17-7-6-14(26(36)37-2)8-19(17)30-12-22(34)32-20-9-16(20)10-21(32)25(35)31-11-15-4-3-5-18(27)23(15)28/h3-8,16,20-21,29-30H,9-12H2,1-2H3,(H,31,35)/t16-,20?,21+/m1/s1. The van der Waals surface area contributed by atoms with Crippen molar-refractivity contribution in [2.24, 2.45) is 5.92 Å². The molecular formula is C26H26ClFN4O5. The molecule has 194 valence electrons. The number of ether oxygens (including phenoxy) is 1. The lowest BCUT2D eigenvalue weighted by Gasteiger charge is -2.27. The van der Waals surface area contributed by atoms with E-state index in [1.54, 1.807) is 11.0 Å². The Kier molecular flexibility index (Phi) is 7.58. The van der Waals surface area contributed by atoms with Gasteiger partial charge in [0.05, 0.1) is 24.2 Å². The van der Waals surface area contributed by atoms with Crippen LogP contribution in [-0.2, 0) is 25.7 Å².